The molecule has 0 saturated carbocycles. The molecule has 0 amide bonds. The van der Waals surface area contributed by atoms with E-state index in [9.17, 15) is 0 Å². The molecule has 2 aromatic heterocycles. The zero-order valence-corrected chi connectivity index (χ0v) is 15.8. The third kappa shape index (κ3) is 4.42. The molecule has 0 fully saturated rings. The third-order valence-electron chi connectivity index (χ3n) is 3.87. The number of ether oxygens (including phenoxy) is 1. The fourth-order valence-electron chi connectivity index (χ4n) is 2.54. The second kappa shape index (κ2) is 8.21. The summed E-state index contributed by atoms with van der Waals surface area (Å²) in [6.45, 7) is 8.06. The first-order valence-corrected chi connectivity index (χ1v) is 9.55. The zero-order chi connectivity index (χ0) is 17.6. The molecule has 0 spiro atoms. The number of aromatic nitrogens is 1. The minimum absolute atomic E-state index is 0.634. The van der Waals surface area contributed by atoms with E-state index in [0.717, 1.165) is 40.7 Å². The highest BCUT2D eigenvalue weighted by Gasteiger charge is 2.11. The van der Waals surface area contributed by atoms with Crippen LogP contribution < -0.4 is 9.54 Å². The predicted molar refractivity (Wildman–Crippen MR) is 102 cm³/mol. The molecule has 4 nitrogen and oxygen atoms in total. The minimum Gasteiger partial charge on any atom is -0.494 e. The van der Waals surface area contributed by atoms with Gasteiger partial charge in [0.15, 0.2) is 10.6 Å². The Labute approximate surface area is 152 Å². The summed E-state index contributed by atoms with van der Waals surface area (Å²) in [6, 6.07) is 11.8. The molecule has 0 aliphatic heterocycles. The van der Waals surface area contributed by atoms with Gasteiger partial charge in [-0.25, -0.2) is 4.99 Å². The van der Waals surface area contributed by atoms with Crippen LogP contribution in [-0.4, -0.2) is 11.2 Å². The van der Waals surface area contributed by atoms with Crippen LogP contribution in [-0.2, 0) is 6.54 Å². The van der Waals surface area contributed by atoms with Crippen molar-refractivity contribution < 1.29 is 9.15 Å². The molecule has 0 unspecified atom stereocenters. The zero-order valence-electron chi connectivity index (χ0n) is 14.9. The lowest BCUT2D eigenvalue weighted by molar-refractivity contribution is 0.340. The number of nitrogens with zero attached hydrogens (tertiary/aromatic N) is 2. The second-order valence-electron chi connectivity index (χ2n) is 6.25. The highest BCUT2D eigenvalue weighted by Crippen LogP contribution is 2.23. The molecule has 3 aromatic rings. The molecule has 0 N–H and O–H groups in total. The van der Waals surface area contributed by atoms with Crippen LogP contribution in [0.15, 0.2) is 57.5 Å². The van der Waals surface area contributed by atoms with Gasteiger partial charge >= 0.3 is 0 Å². The molecule has 2 heterocycles. The normalized spacial score (nSPS) is 12.1. The molecule has 0 aliphatic carbocycles. The van der Waals surface area contributed by atoms with Gasteiger partial charge in [0, 0.05) is 11.9 Å². The molecule has 5 heteroatoms. The number of hydrogen-bond acceptors (Lipinski definition) is 4. The van der Waals surface area contributed by atoms with E-state index < -0.39 is 0 Å². The van der Waals surface area contributed by atoms with Gasteiger partial charge in [0.1, 0.15) is 5.75 Å². The Morgan fingerprint density at radius 3 is 2.64 bits per heavy atom. The molecule has 0 aliphatic rings. The Morgan fingerprint density at radius 1 is 1.20 bits per heavy atom. The van der Waals surface area contributed by atoms with Crippen molar-refractivity contribution in [2.45, 2.75) is 33.7 Å². The van der Waals surface area contributed by atoms with Crippen LogP contribution in [0.4, 0.5) is 5.69 Å². The first kappa shape index (κ1) is 17.5. The molecule has 0 bridgehead atoms. The van der Waals surface area contributed by atoms with Crippen LogP contribution in [0.25, 0.3) is 11.5 Å². The maximum absolute atomic E-state index is 5.60. The van der Waals surface area contributed by atoms with Crippen molar-refractivity contribution in [3.63, 3.8) is 0 Å². The van der Waals surface area contributed by atoms with Gasteiger partial charge in [-0.2, -0.15) is 0 Å². The van der Waals surface area contributed by atoms with Gasteiger partial charge in [-0.05, 0) is 55.7 Å². The standard InChI is InChI=1S/C20H24N2O2S/c1-4-23-17-9-7-16(8-10-17)21-20-22(12-11-15(2)3)18(14-25-20)19-6-5-13-24-19/h5-10,13-15H,4,11-12H2,1-3H3. The van der Waals surface area contributed by atoms with Crippen LogP contribution >= 0.6 is 11.3 Å². The average molecular weight is 356 g/mol. The molecule has 0 saturated heterocycles. The molecule has 132 valence electrons. The quantitative estimate of drug-likeness (QED) is 0.562. The van der Waals surface area contributed by atoms with Gasteiger partial charge in [-0.1, -0.05) is 13.8 Å². The third-order valence-corrected chi connectivity index (χ3v) is 4.74. The molecule has 0 radical (unpaired) electrons. The summed E-state index contributed by atoms with van der Waals surface area (Å²) in [5, 5.41) is 2.12. The summed E-state index contributed by atoms with van der Waals surface area (Å²) >= 11 is 1.64. The highest BCUT2D eigenvalue weighted by atomic mass is 32.1. The van der Waals surface area contributed by atoms with E-state index in [0.29, 0.717) is 12.5 Å². The van der Waals surface area contributed by atoms with Gasteiger partial charge in [-0.3, -0.25) is 0 Å². The van der Waals surface area contributed by atoms with Gasteiger partial charge in [0.25, 0.3) is 0 Å². The highest BCUT2D eigenvalue weighted by molar-refractivity contribution is 7.07. The van der Waals surface area contributed by atoms with E-state index in [1.165, 1.54) is 0 Å². The molecule has 25 heavy (non-hydrogen) atoms. The fraction of sp³-hybridized carbons (Fsp3) is 0.350. The van der Waals surface area contributed by atoms with Gasteiger partial charge in [0.2, 0.25) is 0 Å². The van der Waals surface area contributed by atoms with E-state index in [1.807, 2.05) is 43.3 Å². The average Bonchev–Trinajstić information content (AvgIpc) is 3.24. The summed E-state index contributed by atoms with van der Waals surface area (Å²) in [6.07, 6.45) is 2.81. The number of rotatable bonds is 7. The smallest absolute Gasteiger partial charge is 0.190 e. The fourth-order valence-corrected chi connectivity index (χ4v) is 3.47. The molecule has 0 atom stereocenters. The van der Waals surface area contributed by atoms with E-state index in [2.05, 4.69) is 23.8 Å². The molecular formula is C20H24N2O2S. The van der Waals surface area contributed by atoms with Crippen molar-refractivity contribution in [2.24, 2.45) is 10.9 Å². The van der Waals surface area contributed by atoms with E-state index in [4.69, 9.17) is 14.1 Å². The lowest BCUT2D eigenvalue weighted by Crippen LogP contribution is -2.17. The lowest BCUT2D eigenvalue weighted by Gasteiger charge is -2.09. The number of benzene rings is 1. The largest absolute Gasteiger partial charge is 0.494 e. The maximum atomic E-state index is 5.60. The van der Waals surface area contributed by atoms with Crippen molar-refractivity contribution >= 4 is 17.0 Å². The van der Waals surface area contributed by atoms with E-state index >= 15 is 0 Å². The van der Waals surface area contributed by atoms with Gasteiger partial charge in [0.05, 0.1) is 24.3 Å². The van der Waals surface area contributed by atoms with Crippen molar-refractivity contribution in [3.8, 4) is 17.2 Å². The van der Waals surface area contributed by atoms with Crippen molar-refractivity contribution in [1.82, 2.24) is 4.57 Å². The molecular weight excluding hydrogens is 332 g/mol. The van der Waals surface area contributed by atoms with Crippen LogP contribution in [0.3, 0.4) is 0 Å². The van der Waals surface area contributed by atoms with Gasteiger partial charge in [-0.15, -0.1) is 11.3 Å². The first-order chi connectivity index (χ1) is 12.2. The Hall–Kier alpha value is -2.27. The Balaban J connectivity index is 1.96. The van der Waals surface area contributed by atoms with Crippen molar-refractivity contribution in [1.29, 1.82) is 0 Å². The first-order valence-electron chi connectivity index (χ1n) is 8.67. The Morgan fingerprint density at radius 2 is 2.00 bits per heavy atom. The summed E-state index contributed by atoms with van der Waals surface area (Å²) in [7, 11) is 0. The van der Waals surface area contributed by atoms with Crippen LogP contribution in [0.2, 0.25) is 0 Å². The Bertz CT molecular complexity index is 843. The monoisotopic (exact) mass is 356 g/mol. The molecule has 3 rings (SSSR count). The maximum Gasteiger partial charge on any atom is 0.190 e. The minimum atomic E-state index is 0.634. The van der Waals surface area contributed by atoms with Crippen LogP contribution in [0, 0.1) is 5.92 Å². The summed E-state index contributed by atoms with van der Waals surface area (Å²) in [5.74, 6) is 2.39. The molecule has 1 aromatic carbocycles. The van der Waals surface area contributed by atoms with Crippen LogP contribution in [0.1, 0.15) is 27.2 Å². The summed E-state index contributed by atoms with van der Waals surface area (Å²) in [5.41, 5.74) is 2.01. The number of thiazole rings is 1. The van der Waals surface area contributed by atoms with E-state index in [1.54, 1.807) is 17.6 Å². The Kier molecular flexibility index (Phi) is 5.76. The number of hydrogen-bond donors (Lipinski definition) is 0. The SMILES string of the molecule is CCOc1ccc(N=c2scc(-c3ccco3)n2CCC(C)C)cc1. The topological polar surface area (TPSA) is 39.7 Å². The summed E-state index contributed by atoms with van der Waals surface area (Å²) in [4.78, 5) is 5.82. The summed E-state index contributed by atoms with van der Waals surface area (Å²) < 4.78 is 13.3. The van der Waals surface area contributed by atoms with Crippen molar-refractivity contribution in [2.75, 3.05) is 6.61 Å². The van der Waals surface area contributed by atoms with Gasteiger partial charge < -0.3 is 13.7 Å². The predicted octanol–water partition coefficient (Wildman–Crippen LogP) is 5.49. The van der Waals surface area contributed by atoms with Crippen LogP contribution in [0.5, 0.6) is 5.75 Å². The lowest BCUT2D eigenvalue weighted by atomic mass is 10.1. The second-order valence-corrected chi connectivity index (χ2v) is 7.09. The number of furan rings is 1. The van der Waals surface area contributed by atoms with E-state index in [-0.39, 0.29) is 0 Å². The van der Waals surface area contributed by atoms with Crippen molar-refractivity contribution in [3.05, 3.63) is 52.8 Å².